The number of benzene rings is 2. The summed E-state index contributed by atoms with van der Waals surface area (Å²) in [4.78, 5) is 24.9. The summed E-state index contributed by atoms with van der Waals surface area (Å²) in [6.45, 7) is 11.9. The number of sulfonamides is 1. The molecular formula is C26H36N4O4S. The predicted octanol–water partition coefficient (Wildman–Crippen LogP) is 3.83. The summed E-state index contributed by atoms with van der Waals surface area (Å²) in [7, 11) is -3.64. The second-order valence-electron chi connectivity index (χ2n) is 10.8. The first-order valence-electron chi connectivity index (χ1n) is 11.7. The van der Waals surface area contributed by atoms with E-state index >= 15 is 0 Å². The number of hydrogen-bond donors (Lipinski definition) is 4. The number of nitrogens with one attached hydrogen (secondary N) is 4. The Hall–Kier alpha value is -3.07. The Labute approximate surface area is 208 Å². The molecule has 9 heteroatoms. The number of carbonyl (C=O) groups is 2. The van der Waals surface area contributed by atoms with E-state index in [9.17, 15) is 18.0 Å². The van der Waals surface area contributed by atoms with Crippen LogP contribution in [0.5, 0.6) is 0 Å². The van der Waals surface area contributed by atoms with Gasteiger partial charge in [0.1, 0.15) is 5.54 Å². The fourth-order valence-electron chi connectivity index (χ4n) is 4.38. The van der Waals surface area contributed by atoms with Crippen LogP contribution in [0.4, 0.5) is 11.4 Å². The first-order valence-corrected chi connectivity index (χ1v) is 13.6. The van der Waals surface area contributed by atoms with Crippen LogP contribution in [-0.2, 0) is 21.2 Å². The highest BCUT2D eigenvalue weighted by molar-refractivity contribution is 7.89. The number of hydrogen-bond acceptors (Lipinski definition) is 6. The highest BCUT2D eigenvalue weighted by Crippen LogP contribution is 2.45. The van der Waals surface area contributed by atoms with Crippen LogP contribution in [0.1, 0.15) is 69.1 Å². The number of anilines is 2. The van der Waals surface area contributed by atoms with Gasteiger partial charge in [0.2, 0.25) is 15.9 Å². The molecule has 190 valence electrons. The molecule has 3 rings (SSSR count). The molecule has 1 atom stereocenters. The molecule has 1 aliphatic heterocycles. The van der Waals surface area contributed by atoms with Crippen molar-refractivity contribution >= 4 is 33.2 Å². The lowest BCUT2D eigenvalue weighted by molar-refractivity contribution is -0.125. The van der Waals surface area contributed by atoms with E-state index in [0.29, 0.717) is 12.0 Å². The van der Waals surface area contributed by atoms with Crippen LogP contribution in [0, 0.1) is 5.41 Å². The summed E-state index contributed by atoms with van der Waals surface area (Å²) in [6.07, 6.45) is 1.65. The summed E-state index contributed by atoms with van der Waals surface area (Å²) < 4.78 is 24.9. The van der Waals surface area contributed by atoms with Crippen LogP contribution in [0.3, 0.4) is 0 Å². The molecule has 2 amide bonds. The third kappa shape index (κ3) is 6.54. The second kappa shape index (κ2) is 9.53. The van der Waals surface area contributed by atoms with Gasteiger partial charge in [-0.2, -0.15) is 0 Å². The third-order valence-electron chi connectivity index (χ3n) is 6.04. The molecule has 0 saturated heterocycles. The van der Waals surface area contributed by atoms with Gasteiger partial charge in [-0.25, -0.2) is 13.1 Å². The minimum absolute atomic E-state index is 0.0138. The van der Waals surface area contributed by atoms with Crippen LogP contribution in [-0.4, -0.2) is 38.1 Å². The van der Waals surface area contributed by atoms with Crippen LogP contribution in [0.25, 0.3) is 0 Å². The Kier molecular flexibility index (Phi) is 7.22. The van der Waals surface area contributed by atoms with E-state index in [1.165, 1.54) is 0 Å². The molecule has 1 heterocycles. The molecule has 8 nitrogen and oxygen atoms in total. The highest BCUT2D eigenvalue weighted by atomic mass is 32.2. The summed E-state index contributed by atoms with van der Waals surface area (Å²) in [6, 6.07) is 13.3. The summed E-state index contributed by atoms with van der Waals surface area (Å²) >= 11 is 0. The van der Waals surface area contributed by atoms with Crippen LogP contribution < -0.4 is 20.7 Å². The molecule has 1 aliphatic rings. The van der Waals surface area contributed by atoms with Gasteiger partial charge in [0, 0.05) is 23.0 Å². The molecule has 4 N–H and O–H groups in total. The molecule has 1 unspecified atom stereocenters. The van der Waals surface area contributed by atoms with Gasteiger partial charge in [-0.1, -0.05) is 26.0 Å². The first kappa shape index (κ1) is 26.5. The lowest BCUT2D eigenvalue weighted by Crippen LogP contribution is -2.50. The van der Waals surface area contributed by atoms with E-state index < -0.39 is 21.5 Å². The maximum Gasteiger partial charge on any atom is 0.264 e. The zero-order chi connectivity index (χ0) is 26.2. The average Bonchev–Trinajstić information content (AvgIpc) is 2.70. The molecule has 0 fully saturated rings. The van der Waals surface area contributed by atoms with E-state index in [1.54, 1.807) is 12.1 Å². The van der Waals surface area contributed by atoms with Gasteiger partial charge in [-0.15, -0.1) is 0 Å². The van der Waals surface area contributed by atoms with E-state index in [2.05, 4.69) is 41.9 Å². The summed E-state index contributed by atoms with van der Waals surface area (Å²) in [5.74, 6) is -0.711. The van der Waals surface area contributed by atoms with Crippen molar-refractivity contribution in [2.75, 3.05) is 16.9 Å². The fourth-order valence-corrected chi connectivity index (χ4v) is 4.84. The largest absolute Gasteiger partial charge is 0.377 e. The molecule has 0 spiro atoms. The number of amides is 2. The molecule has 2 aromatic rings. The molecular weight excluding hydrogens is 464 g/mol. The van der Waals surface area contributed by atoms with Crippen molar-refractivity contribution in [3.05, 3.63) is 59.2 Å². The minimum atomic E-state index is -3.64. The standard InChI is InChI=1S/C26H36N4O4S/c1-16(2)27-24(32)26(5,6)29-20-10-8-9-17(14-20)22-25(3,4)15-19-13-18(11-12-21(19)28-22)23(31)30-35(7,33)34/h8-14,16,22,28-29H,15H2,1-7H3,(H,27,32)(H,30,31). The maximum atomic E-state index is 12.6. The maximum absolute atomic E-state index is 12.6. The Balaban J connectivity index is 1.85. The molecule has 0 bridgehead atoms. The fraction of sp³-hybridized carbons (Fsp3) is 0.462. The molecule has 0 saturated carbocycles. The van der Waals surface area contributed by atoms with Crippen molar-refractivity contribution in [1.82, 2.24) is 10.0 Å². The van der Waals surface area contributed by atoms with Crippen LogP contribution >= 0.6 is 0 Å². The summed E-state index contributed by atoms with van der Waals surface area (Å²) in [5, 5.41) is 9.91. The minimum Gasteiger partial charge on any atom is -0.377 e. The van der Waals surface area contributed by atoms with Crippen molar-refractivity contribution in [3.8, 4) is 0 Å². The van der Waals surface area contributed by atoms with Gasteiger partial charge in [0.15, 0.2) is 0 Å². The van der Waals surface area contributed by atoms with Crippen molar-refractivity contribution < 1.29 is 18.0 Å². The number of fused-ring (bicyclic) bond motifs is 1. The number of rotatable bonds is 7. The van der Waals surface area contributed by atoms with Gasteiger partial charge < -0.3 is 16.0 Å². The SMILES string of the molecule is CC(C)NC(=O)C(C)(C)Nc1cccc(C2Nc3ccc(C(=O)NS(C)(=O)=O)cc3CC2(C)C)c1. The van der Waals surface area contributed by atoms with Gasteiger partial charge >= 0.3 is 0 Å². The molecule has 35 heavy (non-hydrogen) atoms. The third-order valence-corrected chi connectivity index (χ3v) is 6.59. The lowest BCUT2D eigenvalue weighted by atomic mass is 9.72. The van der Waals surface area contributed by atoms with E-state index in [4.69, 9.17) is 0 Å². The molecule has 0 radical (unpaired) electrons. The van der Waals surface area contributed by atoms with E-state index in [0.717, 1.165) is 28.8 Å². The van der Waals surface area contributed by atoms with Crippen molar-refractivity contribution in [1.29, 1.82) is 0 Å². The van der Waals surface area contributed by atoms with E-state index in [1.807, 2.05) is 50.6 Å². The second-order valence-corrected chi connectivity index (χ2v) is 12.6. The quantitative estimate of drug-likeness (QED) is 0.459. The topological polar surface area (TPSA) is 116 Å². The number of carbonyl (C=O) groups excluding carboxylic acids is 2. The smallest absolute Gasteiger partial charge is 0.264 e. The Morgan fingerprint density at radius 3 is 2.43 bits per heavy atom. The molecule has 0 aliphatic carbocycles. The average molecular weight is 501 g/mol. The molecule has 2 aromatic carbocycles. The van der Waals surface area contributed by atoms with Gasteiger partial charge in [0.05, 0.1) is 12.3 Å². The Morgan fingerprint density at radius 2 is 1.80 bits per heavy atom. The van der Waals surface area contributed by atoms with Gasteiger partial charge in [0.25, 0.3) is 5.91 Å². The monoisotopic (exact) mass is 500 g/mol. The highest BCUT2D eigenvalue weighted by Gasteiger charge is 2.36. The zero-order valence-corrected chi connectivity index (χ0v) is 22.3. The van der Waals surface area contributed by atoms with Crippen molar-refractivity contribution in [3.63, 3.8) is 0 Å². The first-order chi connectivity index (χ1) is 16.1. The van der Waals surface area contributed by atoms with Gasteiger partial charge in [-0.05, 0) is 81.0 Å². The van der Waals surface area contributed by atoms with Gasteiger partial charge in [-0.3, -0.25) is 9.59 Å². The van der Waals surface area contributed by atoms with E-state index in [-0.39, 0.29) is 23.4 Å². The normalized spacial score (nSPS) is 17.2. The Bertz CT molecular complexity index is 1240. The summed E-state index contributed by atoms with van der Waals surface area (Å²) in [5.41, 5.74) is 3.09. The predicted molar refractivity (Wildman–Crippen MR) is 140 cm³/mol. The Morgan fingerprint density at radius 1 is 1.11 bits per heavy atom. The van der Waals surface area contributed by atoms with Crippen molar-refractivity contribution in [2.45, 2.75) is 65.6 Å². The zero-order valence-electron chi connectivity index (χ0n) is 21.4. The molecule has 0 aromatic heterocycles. The lowest BCUT2D eigenvalue weighted by Gasteiger charge is -2.41. The van der Waals surface area contributed by atoms with Crippen LogP contribution in [0.2, 0.25) is 0 Å². The van der Waals surface area contributed by atoms with Crippen LogP contribution in [0.15, 0.2) is 42.5 Å². The van der Waals surface area contributed by atoms with Crippen molar-refractivity contribution in [2.24, 2.45) is 5.41 Å².